The average Bonchev–Trinajstić information content (AvgIpc) is 2.39. The summed E-state index contributed by atoms with van der Waals surface area (Å²) in [5.41, 5.74) is 0.877. The van der Waals surface area contributed by atoms with Gasteiger partial charge >= 0.3 is 10.1 Å². The Hall–Kier alpha value is -2.08. The van der Waals surface area contributed by atoms with Crippen LogP contribution in [0.25, 0.3) is 0 Å². The van der Waals surface area contributed by atoms with Crippen LogP contribution in [0.2, 0.25) is 0 Å². The summed E-state index contributed by atoms with van der Waals surface area (Å²) in [6.45, 7) is 0.185. The SMILES string of the molecule is CS(=O)(=O)Oc1ccc(F)cc1OCc1ccccc1. The molecular weight excluding hydrogens is 283 g/mol. The zero-order valence-corrected chi connectivity index (χ0v) is 11.6. The van der Waals surface area contributed by atoms with Crippen LogP contribution in [0.5, 0.6) is 11.5 Å². The monoisotopic (exact) mass is 296 g/mol. The highest BCUT2D eigenvalue weighted by Crippen LogP contribution is 2.29. The summed E-state index contributed by atoms with van der Waals surface area (Å²) in [7, 11) is -3.70. The molecule has 0 aromatic heterocycles. The highest BCUT2D eigenvalue weighted by atomic mass is 32.2. The maximum atomic E-state index is 13.2. The van der Waals surface area contributed by atoms with Crippen molar-refractivity contribution in [3.05, 3.63) is 59.9 Å². The Balaban J connectivity index is 2.19. The Bertz CT molecular complexity index is 684. The van der Waals surface area contributed by atoms with E-state index in [1.54, 1.807) is 0 Å². The maximum absolute atomic E-state index is 13.2. The lowest BCUT2D eigenvalue weighted by Crippen LogP contribution is -2.07. The average molecular weight is 296 g/mol. The van der Waals surface area contributed by atoms with Crippen molar-refractivity contribution in [1.29, 1.82) is 0 Å². The predicted octanol–water partition coefficient (Wildman–Crippen LogP) is 2.74. The van der Waals surface area contributed by atoms with E-state index in [1.165, 1.54) is 6.07 Å². The van der Waals surface area contributed by atoms with Crippen LogP contribution < -0.4 is 8.92 Å². The Morgan fingerprint density at radius 2 is 1.75 bits per heavy atom. The van der Waals surface area contributed by atoms with E-state index >= 15 is 0 Å². The fraction of sp³-hybridized carbons (Fsp3) is 0.143. The Morgan fingerprint density at radius 1 is 1.05 bits per heavy atom. The molecule has 6 heteroatoms. The summed E-state index contributed by atoms with van der Waals surface area (Å²) in [6, 6.07) is 12.7. The first-order valence-electron chi connectivity index (χ1n) is 5.80. The van der Waals surface area contributed by atoms with Crippen molar-refractivity contribution < 1.29 is 21.7 Å². The van der Waals surface area contributed by atoms with Gasteiger partial charge in [-0.1, -0.05) is 30.3 Å². The molecule has 0 aliphatic carbocycles. The van der Waals surface area contributed by atoms with Crippen molar-refractivity contribution >= 4 is 10.1 Å². The van der Waals surface area contributed by atoms with Gasteiger partial charge in [-0.25, -0.2) is 4.39 Å². The lowest BCUT2D eigenvalue weighted by molar-refractivity contribution is 0.294. The maximum Gasteiger partial charge on any atom is 0.306 e. The zero-order valence-electron chi connectivity index (χ0n) is 10.7. The third kappa shape index (κ3) is 4.24. The molecule has 20 heavy (non-hydrogen) atoms. The van der Waals surface area contributed by atoms with Gasteiger partial charge in [0.1, 0.15) is 12.4 Å². The summed E-state index contributed by atoms with van der Waals surface area (Å²) in [6.07, 6.45) is 0.914. The molecule has 0 N–H and O–H groups in total. The van der Waals surface area contributed by atoms with Crippen molar-refractivity contribution in [3.8, 4) is 11.5 Å². The molecule has 2 rings (SSSR count). The van der Waals surface area contributed by atoms with Crippen molar-refractivity contribution in [2.45, 2.75) is 6.61 Å². The first-order valence-corrected chi connectivity index (χ1v) is 7.61. The fourth-order valence-electron chi connectivity index (χ4n) is 1.56. The number of rotatable bonds is 5. The minimum absolute atomic E-state index is 0.0372. The minimum atomic E-state index is -3.70. The highest BCUT2D eigenvalue weighted by molar-refractivity contribution is 7.86. The summed E-state index contributed by atoms with van der Waals surface area (Å²) in [5.74, 6) is -0.530. The molecule has 0 aliphatic rings. The summed E-state index contributed by atoms with van der Waals surface area (Å²) in [5, 5.41) is 0. The lowest BCUT2D eigenvalue weighted by atomic mass is 10.2. The van der Waals surface area contributed by atoms with Gasteiger partial charge in [-0.05, 0) is 17.7 Å². The summed E-state index contributed by atoms with van der Waals surface area (Å²) >= 11 is 0. The molecule has 0 aliphatic heterocycles. The molecule has 2 aromatic carbocycles. The quantitative estimate of drug-likeness (QED) is 0.796. The van der Waals surface area contributed by atoms with Crippen LogP contribution >= 0.6 is 0 Å². The highest BCUT2D eigenvalue weighted by Gasteiger charge is 2.12. The molecule has 0 heterocycles. The molecule has 0 unspecified atom stereocenters. The van der Waals surface area contributed by atoms with Crippen molar-refractivity contribution in [1.82, 2.24) is 0 Å². The van der Waals surface area contributed by atoms with Gasteiger partial charge in [0.25, 0.3) is 0 Å². The Morgan fingerprint density at radius 3 is 2.40 bits per heavy atom. The minimum Gasteiger partial charge on any atom is -0.485 e. The third-order valence-corrected chi connectivity index (χ3v) is 2.87. The van der Waals surface area contributed by atoms with Crippen LogP contribution in [-0.4, -0.2) is 14.7 Å². The van der Waals surface area contributed by atoms with Gasteiger partial charge in [0.15, 0.2) is 11.5 Å². The normalized spacial score (nSPS) is 11.1. The predicted molar refractivity (Wildman–Crippen MR) is 72.6 cm³/mol. The third-order valence-electron chi connectivity index (χ3n) is 2.38. The van der Waals surface area contributed by atoms with E-state index in [0.29, 0.717) is 0 Å². The van der Waals surface area contributed by atoms with E-state index in [9.17, 15) is 12.8 Å². The van der Waals surface area contributed by atoms with Gasteiger partial charge in [0, 0.05) is 6.07 Å². The smallest absolute Gasteiger partial charge is 0.306 e. The van der Waals surface area contributed by atoms with Crippen LogP contribution in [0.1, 0.15) is 5.56 Å². The fourth-order valence-corrected chi connectivity index (χ4v) is 2.03. The number of hydrogen-bond acceptors (Lipinski definition) is 4. The van der Waals surface area contributed by atoms with E-state index in [4.69, 9.17) is 8.92 Å². The molecule has 0 saturated carbocycles. The van der Waals surface area contributed by atoms with E-state index in [2.05, 4.69) is 0 Å². The van der Waals surface area contributed by atoms with Gasteiger partial charge in [0.2, 0.25) is 0 Å². The van der Waals surface area contributed by atoms with E-state index in [-0.39, 0.29) is 18.1 Å². The molecule has 2 aromatic rings. The Kier molecular flexibility index (Phi) is 4.24. The second-order valence-corrected chi connectivity index (χ2v) is 5.73. The van der Waals surface area contributed by atoms with Crippen molar-refractivity contribution in [3.63, 3.8) is 0 Å². The molecule has 0 radical (unpaired) electrons. The molecule has 0 saturated heterocycles. The molecule has 106 valence electrons. The molecule has 0 atom stereocenters. The molecule has 0 amide bonds. The number of hydrogen-bond donors (Lipinski definition) is 0. The van der Waals surface area contributed by atoms with Crippen molar-refractivity contribution in [2.75, 3.05) is 6.26 Å². The number of halogens is 1. The summed E-state index contributed by atoms with van der Waals surface area (Å²) < 4.78 is 45.7. The second kappa shape index (κ2) is 5.92. The van der Waals surface area contributed by atoms with Gasteiger partial charge in [-0.3, -0.25) is 0 Å². The Labute approximate surface area is 116 Å². The van der Waals surface area contributed by atoms with Crippen molar-refractivity contribution in [2.24, 2.45) is 0 Å². The second-order valence-electron chi connectivity index (χ2n) is 4.15. The zero-order chi connectivity index (χ0) is 14.6. The number of ether oxygens (including phenoxy) is 1. The van der Waals surface area contributed by atoms with Gasteiger partial charge in [-0.2, -0.15) is 8.42 Å². The molecule has 0 spiro atoms. The molecular formula is C14H13FO4S. The van der Waals surface area contributed by atoms with Gasteiger partial charge < -0.3 is 8.92 Å². The van der Waals surface area contributed by atoms with E-state index in [1.807, 2.05) is 30.3 Å². The molecule has 0 fully saturated rings. The first-order chi connectivity index (χ1) is 9.44. The molecule has 0 bridgehead atoms. The number of benzene rings is 2. The topological polar surface area (TPSA) is 52.6 Å². The van der Waals surface area contributed by atoms with Crippen LogP contribution in [0.3, 0.4) is 0 Å². The van der Waals surface area contributed by atoms with Gasteiger partial charge in [0.05, 0.1) is 6.26 Å². The largest absolute Gasteiger partial charge is 0.485 e. The lowest BCUT2D eigenvalue weighted by Gasteiger charge is -2.11. The standard InChI is InChI=1S/C14H13FO4S/c1-20(16,17)19-13-8-7-12(15)9-14(13)18-10-11-5-3-2-4-6-11/h2-9H,10H2,1H3. The van der Waals surface area contributed by atoms with Crippen LogP contribution in [-0.2, 0) is 16.7 Å². The van der Waals surface area contributed by atoms with E-state index < -0.39 is 15.9 Å². The summed E-state index contributed by atoms with van der Waals surface area (Å²) in [4.78, 5) is 0. The first kappa shape index (κ1) is 14.3. The van der Waals surface area contributed by atoms with Gasteiger partial charge in [-0.15, -0.1) is 0 Å². The van der Waals surface area contributed by atoms with Crippen LogP contribution in [0.15, 0.2) is 48.5 Å². The molecule has 4 nitrogen and oxygen atoms in total. The van der Waals surface area contributed by atoms with Crippen LogP contribution in [0, 0.1) is 5.82 Å². The van der Waals surface area contributed by atoms with Crippen LogP contribution in [0.4, 0.5) is 4.39 Å². The van der Waals surface area contributed by atoms with E-state index in [0.717, 1.165) is 24.0 Å².